The van der Waals surface area contributed by atoms with Gasteiger partial charge in [0.1, 0.15) is 17.3 Å². The summed E-state index contributed by atoms with van der Waals surface area (Å²) in [5.41, 5.74) is 0.864. The van der Waals surface area contributed by atoms with Gasteiger partial charge in [0.25, 0.3) is 5.78 Å². The van der Waals surface area contributed by atoms with Crippen molar-refractivity contribution in [3.05, 3.63) is 82.1 Å². The number of Topliss-reactive ketones (excluding diaryl/α,β-unsaturated/α-hetero) is 1. The van der Waals surface area contributed by atoms with E-state index in [9.17, 15) is 14.7 Å². The SMILES string of the molecule is COc1ccc(C(O)=C2C(=O)C(=O)N(c3cc(C)on3)[C@@H]2c2cccc(Cl)c2)cc1. The molecule has 0 spiro atoms. The summed E-state index contributed by atoms with van der Waals surface area (Å²) in [4.78, 5) is 27.1. The highest BCUT2D eigenvalue weighted by Gasteiger charge is 2.48. The minimum atomic E-state index is -0.921. The first kappa shape index (κ1) is 19.7. The highest BCUT2D eigenvalue weighted by molar-refractivity contribution is 6.51. The highest BCUT2D eigenvalue weighted by Crippen LogP contribution is 2.42. The van der Waals surface area contributed by atoms with Gasteiger partial charge in [0.15, 0.2) is 5.82 Å². The summed E-state index contributed by atoms with van der Waals surface area (Å²) in [6.45, 7) is 1.68. The van der Waals surface area contributed by atoms with Gasteiger partial charge < -0.3 is 14.4 Å². The standard InChI is InChI=1S/C22H17ClN2O5/c1-12-10-17(24-30-12)25-19(14-4-3-5-15(23)11-14)18(21(27)22(25)28)20(26)13-6-8-16(29-2)9-7-13/h3-11,19,26H,1-2H3/t19-/m1/s1. The summed E-state index contributed by atoms with van der Waals surface area (Å²) in [5.74, 6) is -0.697. The summed E-state index contributed by atoms with van der Waals surface area (Å²) < 4.78 is 10.2. The summed E-state index contributed by atoms with van der Waals surface area (Å²) in [7, 11) is 1.53. The highest BCUT2D eigenvalue weighted by atomic mass is 35.5. The van der Waals surface area contributed by atoms with Crippen LogP contribution in [0.15, 0.2) is 64.7 Å². The van der Waals surface area contributed by atoms with E-state index in [-0.39, 0.29) is 17.2 Å². The monoisotopic (exact) mass is 424 g/mol. The van der Waals surface area contributed by atoms with Crippen molar-refractivity contribution in [3.63, 3.8) is 0 Å². The van der Waals surface area contributed by atoms with Crippen molar-refractivity contribution in [3.8, 4) is 5.75 Å². The maximum absolute atomic E-state index is 13.0. The second-order valence-electron chi connectivity index (χ2n) is 6.75. The minimum Gasteiger partial charge on any atom is -0.507 e. The zero-order valence-corrected chi connectivity index (χ0v) is 16.9. The van der Waals surface area contributed by atoms with Crippen molar-refractivity contribution in [1.29, 1.82) is 0 Å². The van der Waals surface area contributed by atoms with E-state index in [1.165, 1.54) is 12.0 Å². The maximum Gasteiger partial charge on any atom is 0.301 e. The van der Waals surface area contributed by atoms with Crippen LogP contribution in [0.5, 0.6) is 5.75 Å². The summed E-state index contributed by atoms with van der Waals surface area (Å²) in [6, 6.07) is 13.9. The van der Waals surface area contributed by atoms with Gasteiger partial charge in [-0.15, -0.1) is 0 Å². The maximum atomic E-state index is 13.0. The normalized spacial score (nSPS) is 18.1. The van der Waals surface area contributed by atoms with E-state index in [1.54, 1.807) is 61.5 Å². The Morgan fingerprint density at radius 2 is 1.90 bits per heavy atom. The predicted molar refractivity (Wildman–Crippen MR) is 110 cm³/mol. The quantitative estimate of drug-likeness (QED) is 0.382. The van der Waals surface area contributed by atoms with Gasteiger partial charge in [-0.25, -0.2) is 0 Å². The molecule has 1 fully saturated rings. The Labute approximate surface area is 177 Å². The Kier molecular flexibility index (Phi) is 5.05. The molecule has 3 aromatic rings. The fraction of sp³-hybridized carbons (Fsp3) is 0.136. The summed E-state index contributed by atoms with van der Waals surface area (Å²) in [5, 5.41) is 15.3. The summed E-state index contributed by atoms with van der Waals surface area (Å²) in [6.07, 6.45) is 0. The average molecular weight is 425 g/mol. The molecule has 1 aliphatic rings. The number of amides is 1. The molecule has 1 saturated heterocycles. The van der Waals surface area contributed by atoms with E-state index in [4.69, 9.17) is 20.9 Å². The number of methoxy groups -OCH3 is 1. The van der Waals surface area contributed by atoms with Crippen molar-refractivity contribution in [2.24, 2.45) is 0 Å². The average Bonchev–Trinajstić information content (AvgIpc) is 3.28. The number of rotatable bonds is 4. The first-order valence-corrected chi connectivity index (χ1v) is 9.42. The fourth-order valence-corrected chi connectivity index (χ4v) is 3.63. The van der Waals surface area contributed by atoms with Crippen molar-refractivity contribution < 1.29 is 24.0 Å². The lowest BCUT2D eigenvalue weighted by molar-refractivity contribution is -0.132. The second kappa shape index (κ2) is 7.68. The minimum absolute atomic E-state index is 0.0620. The number of aryl methyl sites for hydroxylation is 1. The molecule has 1 amide bonds. The van der Waals surface area contributed by atoms with Crippen LogP contribution in [0.3, 0.4) is 0 Å². The molecule has 0 bridgehead atoms. The van der Waals surface area contributed by atoms with Gasteiger partial charge in [-0.3, -0.25) is 14.5 Å². The molecule has 2 aromatic carbocycles. The first-order valence-electron chi connectivity index (χ1n) is 9.05. The van der Waals surface area contributed by atoms with Crippen molar-refractivity contribution in [1.82, 2.24) is 5.16 Å². The lowest BCUT2D eigenvalue weighted by Gasteiger charge is -2.23. The van der Waals surface area contributed by atoms with Gasteiger partial charge in [0.2, 0.25) is 0 Å². The van der Waals surface area contributed by atoms with Gasteiger partial charge in [-0.2, -0.15) is 0 Å². The van der Waals surface area contributed by atoms with E-state index in [1.807, 2.05) is 0 Å². The number of aliphatic hydroxyl groups is 1. The number of aromatic nitrogens is 1. The molecule has 4 rings (SSSR count). The number of carbonyl (C=O) groups excluding carboxylic acids is 2. The van der Waals surface area contributed by atoms with Crippen LogP contribution in [-0.2, 0) is 9.59 Å². The van der Waals surface area contributed by atoms with Crippen LogP contribution in [0.2, 0.25) is 5.02 Å². The number of carbonyl (C=O) groups is 2. The number of ether oxygens (including phenoxy) is 1. The third kappa shape index (κ3) is 3.33. The number of hydrogen-bond donors (Lipinski definition) is 1. The Morgan fingerprint density at radius 1 is 1.17 bits per heavy atom. The number of aliphatic hydroxyl groups excluding tert-OH is 1. The van der Waals surface area contributed by atoms with Gasteiger partial charge in [0.05, 0.1) is 18.7 Å². The molecule has 152 valence electrons. The molecule has 30 heavy (non-hydrogen) atoms. The van der Waals surface area contributed by atoms with Crippen LogP contribution in [0.25, 0.3) is 5.76 Å². The third-order valence-corrected chi connectivity index (χ3v) is 5.07. The zero-order chi connectivity index (χ0) is 21.4. The fourth-order valence-electron chi connectivity index (χ4n) is 3.43. The number of benzene rings is 2. The van der Waals surface area contributed by atoms with E-state index >= 15 is 0 Å². The number of halogens is 1. The largest absolute Gasteiger partial charge is 0.507 e. The topological polar surface area (TPSA) is 92.9 Å². The van der Waals surface area contributed by atoms with Gasteiger partial charge in [-0.1, -0.05) is 28.9 Å². The molecule has 7 nitrogen and oxygen atoms in total. The molecule has 1 atom stereocenters. The predicted octanol–water partition coefficient (Wildman–Crippen LogP) is 4.27. The molecular weight excluding hydrogens is 408 g/mol. The van der Waals surface area contributed by atoms with E-state index in [0.717, 1.165) is 0 Å². The zero-order valence-electron chi connectivity index (χ0n) is 16.1. The third-order valence-electron chi connectivity index (χ3n) is 4.83. The van der Waals surface area contributed by atoms with Crippen LogP contribution >= 0.6 is 11.6 Å². The summed E-state index contributed by atoms with van der Waals surface area (Å²) >= 11 is 6.16. The molecule has 2 heterocycles. The second-order valence-corrected chi connectivity index (χ2v) is 7.18. The van der Waals surface area contributed by atoms with Gasteiger partial charge in [-0.05, 0) is 48.9 Å². The van der Waals surface area contributed by atoms with Crippen LogP contribution in [0.1, 0.15) is 22.9 Å². The first-order chi connectivity index (χ1) is 14.4. The molecule has 1 N–H and O–H groups in total. The number of nitrogens with zero attached hydrogens (tertiary/aromatic N) is 2. The van der Waals surface area contributed by atoms with Crippen LogP contribution < -0.4 is 9.64 Å². The Bertz CT molecular complexity index is 1170. The lowest BCUT2D eigenvalue weighted by Crippen LogP contribution is -2.29. The molecule has 8 heteroatoms. The van der Waals surface area contributed by atoms with Crippen LogP contribution in [-0.4, -0.2) is 29.1 Å². The van der Waals surface area contributed by atoms with E-state index in [0.29, 0.717) is 27.7 Å². The molecule has 0 radical (unpaired) electrons. The van der Waals surface area contributed by atoms with Gasteiger partial charge >= 0.3 is 5.91 Å². The number of ketones is 1. The van der Waals surface area contributed by atoms with Crippen molar-refractivity contribution in [2.75, 3.05) is 12.0 Å². The molecule has 0 aliphatic carbocycles. The van der Waals surface area contributed by atoms with Crippen molar-refractivity contribution in [2.45, 2.75) is 13.0 Å². The number of hydrogen-bond acceptors (Lipinski definition) is 6. The molecule has 0 unspecified atom stereocenters. The number of anilines is 1. The Morgan fingerprint density at radius 3 is 2.50 bits per heavy atom. The molecule has 1 aliphatic heterocycles. The smallest absolute Gasteiger partial charge is 0.301 e. The van der Waals surface area contributed by atoms with Crippen LogP contribution in [0.4, 0.5) is 5.82 Å². The van der Waals surface area contributed by atoms with E-state index < -0.39 is 17.7 Å². The van der Waals surface area contributed by atoms with E-state index in [2.05, 4.69) is 5.16 Å². The molecule has 0 saturated carbocycles. The molecular formula is C22H17ClN2O5. The lowest BCUT2D eigenvalue weighted by atomic mass is 9.95. The molecule has 1 aromatic heterocycles. The Balaban J connectivity index is 1.92. The van der Waals surface area contributed by atoms with Crippen molar-refractivity contribution >= 4 is 34.9 Å². The Hall–Kier alpha value is -3.58. The van der Waals surface area contributed by atoms with Gasteiger partial charge in [0, 0.05) is 16.7 Å². The van der Waals surface area contributed by atoms with Crippen LogP contribution in [0, 0.1) is 6.92 Å².